The summed E-state index contributed by atoms with van der Waals surface area (Å²) in [5.74, 6) is -0.501. The SMILES string of the molecule is CC(=O)O[C@H]1CC[C@@H](C[C@H](OC(C)=O)c2ccccc2)N(C)C1. The van der Waals surface area contributed by atoms with Gasteiger partial charge in [0.25, 0.3) is 0 Å². The maximum Gasteiger partial charge on any atom is 0.303 e. The van der Waals surface area contributed by atoms with Crippen molar-refractivity contribution in [1.29, 1.82) is 0 Å². The van der Waals surface area contributed by atoms with Crippen LogP contribution in [0.1, 0.15) is 44.8 Å². The highest BCUT2D eigenvalue weighted by Crippen LogP contribution is 2.29. The van der Waals surface area contributed by atoms with Gasteiger partial charge in [-0.15, -0.1) is 0 Å². The molecular formula is C18H25NO4. The summed E-state index contributed by atoms with van der Waals surface area (Å²) in [6.07, 6.45) is 2.21. The molecule has 1 saturated heterocycles. The van der Waals surface area contributed by atoms with Crippen LogP contribution < -0.4 is 0 Å². The molecule has 0 aliphatic carbocycles. The van der Waals surface area contributed by atoms with Crippen molar-refractivity contribution in [3.63, 3.8) is 0 Å². The summed E-state index contributed by atoms with van der Waals surface area (Å²) in [6, 6.07) is 10.1. The zero-order valence-electron chi connectivity index (χ0n) is 14.0. The van der Waals surface area contributed by atoms with Crippen LogP contribution in [0.3, 0.4) is 0 Å². The summed E-state index contributed by atoms with van der Waals surface area (Å²) in [5, 5.41) is 0. The van der Waals surface area contributed by atoms with Crippen LogP contribution in [0.4, 0.5) is 0 Å². The third-order valence-corrected chi connectivity index (χ3v) is 4.24. The van der Waals surface area contributed by atoms with Gasteiger partial charge in [-0.2, -0.15) is 0 Å². The number of nitrogens with zero attached hydrogens (tertiary/aromatic N) is 1. The zero-order valence-corrected chi connectivity index (χ0v) is 14.0. The van der Waals surface area contributed by atoms with Crippen molar-refractivity contribution in [2.24, 2.45) is 0 Å². The Kier molecular flexibility index (Phi) is 6.16. The minimum atomic E-state index is -0.268. The summed E-state index contributed by atoms with van der Waals surface area (Å²) < 4.78 is 10.8. The number of carbonyl (C=O) groups excluding carboxylic acids is 2. The van der Waals surface area contributed by atoms with Crippen molar-refractivity contribution in [3.8, 4) is 0 Å². The monoisotopic (exact) mass is 319 g/mol. The predicted octanol–water partition coefficient (Wildman–Crippen LogP) is 2.71. The first-order chi connectivity index (χ1) is 11.0. The molecule has 0 unspecified atom stereocenters. The zero-order chi connectivity index (χ0) is 16.8. The van der Waals surface area contributed by atoms with Crippen molar-refractivity contribution in [2.75, 3.05) is 13.6 Å². The van der Waals surface area contributed by atoms with Gasteiger partial charge in [-0.05, 0) is 25.5 Å². The largest absolute Gasteiger partial charge is 0.461 e. The average Bonchev–Trinajstić information content (AvgIpc) is 2.49. The molecule has 1 fully saturated rings. The molecule has 1 aliphatic rings. The van der Waals surface area contributed by atoms with E-state index in [1.165, 1.54) is 13.8 Å². The molecule has 0 bridgehead atoms. The van der Waals surface area contributed by atoms with E-state index in [2.05, 4.69) is 4.90 Å². The first-order valence-corrected chi connectivity index (χ1v) is 8.05. The Morgan fingerprint density at radius 1 is 1.17 bits per heavy atom. The molecule has 0 saturated carbocycles. The Hall–Kier alpha value is -1.88. The molecule has 23 heavy (non-hydrogen) atoms. The van der Waals surface area contributed by atoms with E-state index in [0.29, 0.717) is 12.6 Å². The number of esters is 2. The van der Waals surface area contributed by atoms with Crippen LogP contribution in [0, 0.1) is 0 Å². The fourth-order valence-corrected chi connectivity index (χ4v) is 3.16. The van der Waals surface area contributed by atoms with Crippen LogP contribution in [0.2, 0.25) is 0 Å². The van der Waals surface area contributed by atoms with E-state index in [-0.39, 0.29) is 24.1 Å². The van der Waals surface area contributed by atoms with E-state index in [9.17, 15) is 9.59 Å². The fourth-order valence-electron chi connectivity index (χ4n) is 3.16. The van der Waals surface area contributed by atoms with Gasteiger partial charge in [0.1, 0.15) is 12.2 Å². The topological polar surface area (TPSA) is 55.8 Å². The molecule has 1 aliphatic heterocycles. The third-order valence-electron chi connectivity index (χ3n) is 4.24. The van der Waals surface area contributed by atoms with Crippen LogP contribution in [0.25, 0.3) is 0 Å². The molecule has 1 aromatic carbocycles. The van der Waals surface area contributed by atoms with Crippen molar-refractivity contribution in [2.45, 2.75) is 51.4 Å². The average molecular weight is 319 g/mol. The maximum absolute atomic E-state index is 11.4. The third kappa shape index (κ3) is 5.36. The van der Waals surface area contributed by atoms with E-state index in [0.717, 1.165) is 24.8 Å². The number of carbonyl (C=O) groups is 2. The highest BCUT2D eigenvalue weighted by atomic mass is 16.5. The standard InChI is InChI=1S/C18H25NO4/c1-13(20)22-17-10-9-16(19(3)12-17)11-18(23-14(2)21)15-7-5-4-6-8-15/h4-8,16-18H,9-12H2,1-3H3/t16-,17-,18-/m0/s1. The van der Waals surface area contributed by atoms with Crippen molar-refractivity contribution in [1.82, 2.24) is 4.90 Å². The minimum absolute atomic E-state index is 0.0438. The number of piperidine rings is 1. The highest BCUT2D eigenvalue weighted by molar-refractivity contribution is 5.66. The maximum atomic E-state index is 11.4. The molecule has 5 nitrogen and oxygen atoms in total. The smallest absolute Gasteiger partial charge is 0.303 e. The predicted molar refractivity (Wildman–Crippen MR) is 86.8 cm³/mol. The van der Waals surface area contributed by atoms with Gasteiger partial charge >= 0.3 is 11.9 Å². The van der Waals surface area contributed by atoms with Gasteiger partial charge in [-0.1, -0.05) is 30.3 Å². The lowest BCUT2D eigenvalue weighted by molar-refractivity contribution is -0.152. The molecule has 0 amide bonds. The second-order valence-corrected chi connectivity index (χ2v) is 6.15. The molecule has 0 spiro atoms. The van der Waals surface area contributed by atoms with Gasteiger partial charge < -0.3 is 9.47 Å². The molecule has 5 heteroatoms. The summed E-state index contributed by atoms with van der Waals surface area (Å²) in [7, 11) is 2.02. The molecule has 0 N–H and O–H groups in total. The Morgan fingerprint density at radius 3 is 2.43 bits per heavy atom. The number of hydrogen-bond donors (Lipinski definition) is 0. The molecule has 0 aromatic heterocycles. The molecule has 2 rings (SSSR count). The highest BCUT2D eigenvalue weighted by Gasteiger charge is 2.30. The number of likely N-dealkylation sites (tertiary alicyclic amines) is 1. The Bertz CT molecular complexity index is 531. The lowest BCUT2D eigenvalue weighted by Gasteiger charge is -2.38. The number of ether oxygens (including phenoxy) is 2. The summed E-state index contributed by atoms with van der Waals surface area (Å²) >= 11 is 0. The minimum Gasteiger partial charge on any atom is -0.461 e. The van der Waals surface area contributed by atoms with Gasteiger partial charge in [-0.3, -0.25) is 14.5 Å². The van der Waals surface area contributed by atoms with Crippen molar-refractivity contribution >= 4 is 11.9 Å². The van der Waals surface area contributed by atoms with Crippen LogP contribution in [-0.2, 0) is 19.1 Å². The first kappa shape index (κ1) is 17.5. The van der Waals surface area contributed by atoms with E-state index >= 15 is 0 Å². The van der Waals surface area contributed by atoms with Gasteiger partial charge in [0.15, 0.2) is 0 Å². The first-order valence-electron chi connectivity index (χ1n) is 8.05. The normalized spacial score (nSPS) is 23.1. The number of rotatable bonds is 5. The Balaban J connectivity index is 2.00. The number of hydrogen-bond acceptors (Lipinski definition) is 5. The number of benzene rings is 1. The van der Waals surface area contributed by atoms with Crippen LogP contribution >= 0.6 is 0 Å². The van der Waals surface area contributed by atoms with E-state index in [1.807, 2.05) is 37.4 Å². The van der Waals surface area contributed by atoms with E-state index < -0.39 is 0 Å². The molecule has 0 radical (unpaired) electrons. The van der Waals surface area contributed by atoms with Crippen LogP contribution in [-0.4, -0.2) is 42.6 Å². The van der Waals surface area contributed by atoms with Gasteiger partial charge in [0.2, 0.25) is 0 Å². The van der Waals surface area contributed by atoms with Gasteiger partial charge in [0, 0.05) is 32.9 Å². The quantitative estimate of drug-likeness (QED) is 0.781. The van der Waals surface area contributed by atoms with Crippen LogP contribution in [0.15, 0.2) is 30.3 Å². The van der Waals surface area contributed by atoms with E-state index in [4.69, 9.17) is 9.47 Å². The summed E-state index contributed by atoms with van der Waals surface area (Å²) in [4.78, 5) is 24.7. The molecule has 1 aromatic rings. The second kappa shape index (κ2) is 8.11. The summed E-state index contributed by atoms with van der Waals surface area (Å²) in [5.41, 5.74) is 1.01. The van der Waals surface area contributed by atoms with Gasteiger partial charge in [-0.25, -0.2) is 0 Å². The van der Waals surface area contributed by atoms with E-state index in [1.54, 1.807) is 0 Å². The fraction of sp³-hybridized carbons (Fsp3) is 0.556. The molecule has 1 heterocycles. The lowest BCUT2D eigenvalue weighted by Crippen LogP contribution is -2.45. The van der Waals surface area contributed by atoms with Crippen molar-refractivity contribution in [3.05, 3.63) is 35.9 Å². The summed E-state index contributed by atoms with van der Waals surface area (Å²) in [6.45, 7) is 3.60. The molecule has 3 atom stereocenters. The molecule has 126 valence electrons. The Labute approximate surface area is 137 Å². The Morgan fingerprint density at radius 2 is 1.87 bits per heavy atom. The van der Waals surface area contributed by atoms with Gasteiger partial charge in [0.05, 0.1) is 0 Å². The van der Waals surface area contributed by atoms with Crippen LogP contribution in [0.5, 0.6) is 0 Å². The lowest BCUT2D eigenvalue weighted by atomic mass is 9.93. The number of likely N-dealkylation sites (N-methyl/N-ethyl adjacent to an activating group) is 1. The molecular weight excluding hydrogens is 294 g/mol. The van der Waals surface area contributed by atoms with Crippen molar-refractivity contribution < 1.29 is 19.1 Å². The second-order valence-electron chi connectivity index (χ2n) is 6.15.